The number of hydrogen-bond acceptors (Lipinski definition) is 4. The first-order valence-corrected chi connectivity index (χ1v) is 6.46. The molecule has 0 amide bonds. The molecular weight excluding hydrogens is 228 g/mol. The summed E-state index contributed by atoms with van der Waals surface area (Å²) >= 11 is 0. The van der Waals surface area contributed by atoms with Crippen molar-refractivity contribution in [2.45, 2.75) is 19.0 Å². The largest absolute Gasteiger partial charge is 0.491 e. The van der Waals surface area contributed by atoms with E-state index >= 15 is 0 Å². The predicted octanol–water partition coefficient (Wildman–Crippen LogP) is 1.24. The van der Waals surface area contributed by atoms with E-state index < -0.39 is 0 Å². The Hall–Kier alpha value is -1.10. The van der Waals surface area contributed by atoms with Crippen LogP contribution in [0.4, 0.5) is 0 Å². The van der Waals surface area contributed by atoms with Gasteiger partial charge in [0.1, 0.15) is 12.4 Å². The first-order valence-electron chi connectivity index (χ1n) is 6.46. The fraction of sp³-hybridized carbons (Fsp3) is 0.571. The van der Waals surface area contributed by atoms with Crippen LogP contribution in [0.2, 0.25) is 0 Å². The maximum Gasteiger partial charge on any atom is 0.119 e. The normalized spacial score (nSPS) is 20.2. The highest BCUT2D eigenvalue weighted by Gasteiger charge is 2.18. The van der Waals surface area contributed by atoms with Crippen LogP contribution in [0, 0.1) is 0 Å². The predicted molar refractivity (Wildman–Crippen MR) is 71.7 cm³/mol. The van der Waals surface area contributed by atoms with E-state index in [2.05, 4.69) is 17.0 Å². The van der Waals surface area contributed by atoms with E-state index in [-0.39, 0.29) is 0 Å². The third-order valence-electron chi connectivity index (χ3n) is 3.17. The van der Waals surface area contributed by atoms with Crippen LogP contribution in [0.25, 0.3) is 0 Å². The summed E-state index contributed by atoms with van der Waals surface area (Å²) in [7, 11) is 1.68. The van der Waals surface area contributed by atoms with Crippen LogP contribution < -0.4 is 10.5 Å². The molecule has 0 aromatic heterocycles. The standard InChI is InChI=1S/C14H22N2O2/c1-17-7-8-18-14-4-2-3-12(9-14)10-16-6-5-13(15)11-16/h2-4,9,13H,5-8,10-11,15H2,1H3. The second-order valence-corrected chi connectivity index (χ2v) is 4.77. The van der Waals surface area contributed by atoms with Crippen molar-refractivity contribution in [3.63, 3.8) is 0 Å². The molecule has 0 radical (unpaired) electrons. The van der Waals surface area contributed by atoms with Crippen molar-refractivity contribution in [3.8, 4) is 5.75 Å². The molecule has 1 aromatic carbocycles. The van der Waals surface area contributed by atoms with Gasteiger partial charge in [-0.3, -0.25) is 4.90 Å². The molecule has 2 N–H and O–H groups in total. The lowest BCUT2D eigenvalue weighted by atomic mass is 10.2. The summed E-state index contributed by atoms with van der Waals surface area (Å²) in [6, 6.07) is 8.58. The molecule has 1 heterocycles. The van der Waals surface area contributed by atoms with Crippen molar-refractivity contribution in [2.24, 2.45) is 5.73 Å². The minimum absolute atomic E-state index is 0.339. The third kappa shape index (κ3) is 3.98. The van der Waals surface area contributed by atoms with Gasteiger partial charge in [-0.1, -0.05) is 12.1 Å². The minimum atomic E-state index is 0.339. The average Bonchev–Trinajstić information content (AvgIpc) is 2.76. The van der Waals surface area contributed by atoms with E-state index in [1.807, 2.05) is 12.1 Å². The second-order valence-electron chi connectivity index (χ2n) is 4.77. The fourth-order valence-corrected chi connectivity index (χ4v) is 2.24. The van der Waals surface area contributed by atoms with E-state index in [0.29, 0.717) is 19.3 Å². The van der Waals surface area contributed by atoms with Gasteiger partial charge in [-0.25, -0.2) is 0 Å². The van der Waals surface area contributed by atoms with E-state index in [1.54, 1.807) is 7.11 Å². The van der Waals surface area contributed by atoms with Crippen molar-refractivity contribution in [1.82, 2.24) is 4.90 Å². The van der Waals surface area contributed by atoms with Gasteiger partial charge in [0.15, 0.2) is 0 Å². The molecule has 4 nitrogen and oxygen atoms in total. The summed E-state index contributed by atoms with van der Waals surface area (Å²) in [6.45, 7) is 4.25. The Morgan fingerprint density at radius 1 is 1.39 bits per heavy atom. The molecule has 1 aromatic rings. The molecule has 4 heteroatoms. The number of hydrogen-bond donors (Lipinski definition) is 1. The third-order valence-corrected chi connectivity index (χ3v) is 3.17. The first-order chi connectivity index (χ1) is 8.78. The van der Waals surface area contributed by atoms with E-state index in [4.69, 9.17) is 15.2 Å². The number of nitrogens with two attached hydrogens (primary N) is 1. The van der Waals surface area contributed by atoms with Crippen molar-refractivity contribution in [2.75, 3.05) is 33.4 Å². The SMILES string of the molecule is COCCOc1cccc(CN2CCC(N)C2)c1. The maximum absolute atomic E-state index is 5.91. The van der Waals surface area contributed by atoms with Crippen molar-refractivity contribution in [1.29, 1.82) is 0 Å². The van der Waals surface area contributed by atoms with Gasteiger partial charge in [0.25, 0.3) is 0 Å². The Labute approximate surface area is 109 Å². The summed E-state index contributed by atoms with van der Waals surface area (Å²) in [4.78, 5) is 2.39. The summed E-state index contributed by atoms with van der Waals surface area (Å²) in [5.74, 6) is 0.910. The number of benzene rings is 1. The van der Waals surface area contributed by atoms with Gasteiger partial charge in [-0.05, 0) is 24.1 Å². The van der Waals surface area contributed by atoms with Gasteiger partial charge in [0, 0.05) is 32.8 Å². The highest BCUT2D eigenvalue weighted by molar-refractivity contribution is 5.28. The molecule has 1 fully saturated rings. The second kappa shape index (κ2) is 6.73. The monoisotopic (exact) mass is 250 g/mol. The average molecular weight is 250 g/mol. The van der Waals surface area contributed by atoms with Crippen LogP contribution in [0.5, 0.6) is 5.75 Å². The molecule has 2 rings (SSSR count). The molecule has 0 aliphatic carbocycles. The van der Waals surface area contributed by atoms with Gasteiger partial charge in [0.05, 0.1) is 6.61 Å². The molecule has 100 valence electrons. The van der Waals surface area contributed by atoms with Crippen LogP contribution in [0.1, 0.15) is 12.0 Å². The van der Waals surface area contributed by atoms with E-state index in [9.17, 15) is 0 Å². The summed E-state index contributed by atoms with van der Waals surface area (Å²) in [5.41, 5.74) is 7.19. The lowest BCUT2D eigenvalue weighted by Crippen LogP contribution is -2.26. The highest BCUT2D eigenvalue weighted by atomic mass is 16.5. The van der Waals surface area contributed by atoms with E-state index in [0.717, 1.165) is 31.8 Å². The smallest absolute Gasteiger partial charge is 0.119 e. The van der Waals surface area contributed by atoms with Gasteiger partial charge in [0.2, 0.25) is 0 Å². The molecule has 0 spiro atoms. The van der Waals surface area contributed by atoms with Crippen LogP contribution in [-0.4, -0.2) is 44.4 Å². The van der Waals surface area contributed by atoms with Crippen molar-refractivity contribution >= 4 is 0 Å². The summed E-state index contributed by atoms with van der Waals surface area (Å²) in [5, 5.41) is 0. The number of likely N-dealkylation sites (tertiary alicyclic amines) is 1. The van der Waals surface area contributed by atoms with Gasteiger partial charge in [-0.2, -0.15) is 0 Å². The summed E-state index contributed by atoms with van der Waals surface area (Å²) in [6.07, 6.45) is 1.10. The van der Waals surface area contributed by atoms with Gasteiger partial charge in [-0.15, -0.1) is 0 Å². The van der Waals surface area contributed by atoms with Crippen molar-refractivity contribution < 1.29 is 9.47 Å². The molecule has 1 aliphatic heterocycles. The molecule has 0 bridgehead atoms. The fourth-order valence-electron chi connectivity index (χ4n) is 2.24. The topological polar surface area (TPSA) is 47.7 Å². The quantitative estimate of drug-likeness (QED) is 0.772. The molecule has 18 heavy (non-hydrogen) atoms. The maximum atomic E-state index is 5.91. The zero-order valence-corrected chi connectivity index (χ0v) is 11.0. The molecule has 1 unspecified atom stereocenters. The zero-order valence-electron chi connectivity index (χ0n) is 11.0. The Morgan fingerprint density at radius 2 is 2.28 bits per heavy atom. The lowest BCUT2D eigenvalue weighted by molar-refractivity contribution is 0.146. The van der Waals surface area contributed by atoms with Crippen LogP contribution in [-0.2, 0) is 11.3 Å². The summed E-state index contributed by atoms with van der Waals surface area (Å²) < 4.78 is 10.6. The molecule has 1 saturated heterocycles. The Bertz CT molecular complexity index is 371. The zero-order chi connectivity index (χ0) is 12.8. The Morgan fingerprint density at radius 3 is 3.00 bits per heavy atom. The Kier molecular flexibility index (Phi) is 4.99. The Balaban J connectivity index is 1.86. The van der Waals surface area contributed by atoms with E-state index in [1.165, 1.54) is 5.56 Å². The highest BCUT2D eigenvalue weighted by Crippen LogP contribution is 2.17. The minimum Gasteiger partial charge on any atom is -0.491 e. The number of ether oxygens (including phenoxy) is 2. The van der Waals surface area contributed by atoms with Gasteiger partial charge < -0.3 is 15.2 Å². The van der Waals surface area contributed by atoms with Crippen LogP contribution in [0.15, 0.2) is 24.3 Å². The van der Waals surface area contributed by atoms with Crippen molar-refractivity contribution in [3.05, 3.63) is 29.8 Å². The molecular formula is C14H22N2O2. The van der Waals surface area contributed by atoms with Gasteiger partial charge >= 0.3 is 0 Å². The molecule has 1 atom stereocenters. The van der Waals surface area contributed by atoms with Crippen LogP contribution >= 0.6 is 0 Å². The lowest BCUT2D eigenvalue weighted by Gasteiger charge is -2.15. The first kappa shape index (κ1) is 13.3. The number of nitrogens with zero attached hydrogens (tertiary/aromatic N) is 1. The molecule has 1 aliphatic rings. The number of rotatable bonds is 6. The van der Waals surface area contributed by atoms with Crippen LogP contribution in [0.3, 0.4) is 0 Å². The number of methoxy groups -OCH3 is 1. The molecule has 0 saturated carbocycles.